The SMILES string of the molecule is CC=CCS(=O)(=O)NCCS(N)(=O)=O. The molecule has 0 amide bonds. The van der Waals surface area contributed by atoms with Gasteiger partial charge in [0, 0.05) is 6.54 Å². The van der Waals surface area contributed by atoms with Gasteiger partial charge < -0.3 is 0 Å². The average molecular weight is 242 g/mol. The standard InChI is InChI=1S/C6H14N2O4S2/c1-2-3-5-14(11,12)8-4-6-13(7,9)10/h2-3,8H,4-6H2,1H3,(H2,7,9,10). The molecule has 0 spiro atoms. The van der Waals surface area contributed by atoms with Gasteiger partial charge in [-0.25, -0.2) is 26.7 Å². The Balaban J connectivity index is 4.02. The summed E-state index contributed by atoms with van der Waals surface area (Å²) in [4.78, 5) is 0. The maximum Gasteiger partial charge on any atom is 0.215 e. The van der Waals surface area contributed by atoms with Gasteiger partial charge in [0.1, 0.15) is 0 Å². The van der Waals surface area contributed by atoms with Crippen LogP contribution in [0, 0.1) is 0 Å². The summed E-state index contributed by atoms with van der Waals surface area (Å²) in [5.74, 6) is -0.559. The predicted octanol–water partition coefficient (Wildman–Crippen LogP) is -1.23. The van der Waals surface area contributed by atoms with Gasteiger partial charge in [0.25, 0.3) is 0 Å². The molecule has 0 saturated heterocycles. The van der Waals surface area contributed by atoms with Crippen molar-refractivity contribution in [3.8, 4) is 0 Å². The van der Waals surface area contributed by atoms with Crippen LogP contribution in [0.25, 0.3) is 0 Å². The quantitative estimate of drug-likeness (QED) is 0.569. The monoisotopic (exact) mass is 242 g/mol. The van der Waals surface area contributed by atoms with Crippen molar-refractivity contribution in [1.29, 1.82) is 0 Å². The van der Waals surface area contributed by atoms with Gasteiger partial charge in [-0.05, 0) is 6.92 Å². The zero-order valence-corrected chi connectivity index (χ0v) is 9.44. The summed E-state index contributed by atoms with van der Waals surface area (Å²) in [6, 6.07) is 0. The fraction of sp³-hybridized carbons (Fsp3) is 0.667. The number of nitrogens with two attached hydrogens (primary N) is 1. The Morgan fingerprint density at radius 1 is 1.29 bits per heavy atom. The Bertz CT molecular complexity index is 382. The molecule has 0 rings (SSSR count). The number of hydrogen-bond acceptors (Lipinski definition) is 4. The Morgan fingerprint density at radius 2 is 1.86 bits per heavy atom. The molecule has 0 aromatic carbocycles. The molecule has 0 radical (unpaired) electrons. The van der Waals surface area contributed by atoms with Gasteiger partial charge >= 0.3 is 0 Å². The van der Waals surface area contributed by atoms with E-state index in [1.807, 2.05) is 0 Å². The third-order valence-electron chi connectivity index (χ3n) is 1.26. The lowest BCUT2D eigenvalue weighted by Gasteiger charge is -2.02. The molecule has 0 unspecified atom stereocenters. The maximum atomic E-state index is 11.1. The Labute approximate surface area is 84.3 Å². The Morgan fingerprint density at radius 3 is 2.29 bits per heavy atom. The maximum absolute atomic E-state index is 11.1. The van der Waals surface area contributed by atoms with E-state index in [1.54, 1.807) is 13.0 Å². The van der Waals surface area contributed by atoms with Crippen molar-refractivity contribution in [2.24, 2.45) is 5.14 Å². The Kier molecular flexibility index (Phi) is 5.27. The van der Waals surface area contributed by atoms with Crippen LogP contribution in [0.1, 0.15) is 6.92 Å². The highest BCUT2D eigenvalue weighted by Gasteiger charge is 2.09. The predicted molar refractivity (Wildman–Crippen MR) is 54.6 cm³/mol. The summed E-state index contributed by atoms with van der Waals surface area (Å²) in [6.45, 7) is 1.50. The molecular formula is C6H14N2O4S2. The number of sulfonamides is 2. The van der Waals surface area contributed by atoms with Gasteiger partial charge in [-0.15, -0.1) is 0 Å². The van der Waals surface area contributed by atoms with E-state index in [0.717, 1.165) is 0 Å². The van der Waals surface area contributed by atoms with E-state index in [4.69, 9.17) is 0 Å². The van der Waals surface area contributed by atoms with Crippen molar-refractivity contribution in [2.75, 3.05) is 18.1 Å². The van der Waals surface area contributed by atoms with Gasteiger partial charge in [0.05, 0.1) is 11.5 Å². The van der Waals surface area contributed by atoms with Gasteiger partial charge in [-0.3, -0.25) is 0 Å². The third kappa shape index (κ3) is 8.17. The summed E-state index contributed by atoms with van der Waals surface area (Å²) < 4.78 is 45.2. The molecule has 14 heavy (non-hydrogen) atoms. The molecule has 0 aliphatic rings. The zero-order chi connectivity index (χ0) is 11.2. The normalized spacial score (nSPS) is 13.6. The minimum absolute atomic E-state index is 0.159. The van der Waals surface area contributed by atoms with Crippen LogP contribution in [0.5, 0.6) is 0 Å². The molecule has 0 aliphatic heterocycles. The second-order valence-corrected chi connectivity index (χ2v) is 6.20. The molecular weight excluding hydrogens is 228 g/mol. The van der Waals surface area contributed by atoms with Crippen molar-refractivity contribution in [2.45, 2.75) is 6.92 Å². The van der Waals surface area contributed by atoms with Crippen LogP contribution in [-0.4, -0.2) is 34.9 Å². The minimum Gasteiger partial charge on any atom is -0.229 e. The van der Waals surface area contributed by atoms with E-state index in [2.05, 4.69) is 9.86 Å². The van der Waals surface area contributed by atoms with E-state index in [1.165, 1.54) is 6.08 Å². The number of primary sulfonamides is 1. The lowest BCUT2D eigenvalue weighted by Crippen LogP contribution is -2.32. The molecule has 0 aliphatic carbocycles. The molecule has 3 N–H and O–H groups in total. The molecule has 0 fully saturated rings. The lowest BCUT2D eigenvalue weighted by atomic mass is 10.6. The molecule has 0 atom stereocenters. The number of allylic oxidation sites excluding steroid dienone is 1. The van der Waals surface area contributed by atoms with Crippen molar-refractivity contribution >= 4 is 20.0 Å². The van der Waals surface area contributed by atoms with E-state index >= 15 is 0 Å². The lowest BCUT2D eigenvalue weighted by molar-refractivity contribution is 0.584. The van der Waals surface area contributed by atoms with Crippen LogP contribution in [0.4, 0.5) is 0 Å². The van der Waals surface area contributed by atoms with Crippen LogP contribution in [0.3, 0.4) is 0 Å². The van der Waals surface area contributed by atoms with Crippen LogP contribution in [0.2, 0.25) is 0 Å². The fourth-order valence-electron chi connectivity index (χ4n) is 0.621. The molecule has 0 aromatic heterocycles. The summed E-state index contributed by atoms with van der Waals surface area (Å²) in [5, 5.41) is 4.69. The van der Waals surface area contributed by atoms with Crippen molar-refractivity contribution in [1.82, 2.24) is 4.72 Å². The first-order valence-corrected chi connectivity index (χ1v) is 7.22. The molecule has 84 valence electrons. The van der Waals surface area contributed by atoms with E-state index in [9.17, 15) is 16.8 Å². The van der Waals surface area contributed by atoms with Crippen molar-refractivity contribution in [3.05, 3.63) is 12.2 Å². The van der Waals surface area contributed by atoms with Gasteiger partial charge in [0.15, 0.2) is 0 Å². The zero-order valence-electron chi connectivity index (χ0n) is 7.80. The number of hydrogen-bond donors (Lipinski definition) is 2. The molecule has 8 heteroatoms. The summed E-state index contributed by atoms with van der Waals surface area (Å²) in [7, 11) is -7.03. The third-order valence-corrected chi connectivity index (χ3v) is 3.31. The van der Waals surface area contributed by atoms with Crippen LogP contribution in [-0.2, 0) is 20.0 Å². The van der Waals surface area contributed by atoms with E-state index in [-0.39, 0.29) is 12.3 Å². The molecule has 0 aromatic rings. The summed E-state index contributed by atoms with van der Waals surface area (Å²) >= 11 is 0. The molecule has 0 heterocycles. The van der Waals surface area contributed by atoms with Crippen molar-refractivity contribution in [3.63, 3.8) is 0 Å². The first-order chi connectivity index (χ1) is 6.27. The van der Waals surface area contributed by atoms with Crippen molar-refractivity contribution < 1.29 is 16.8 Å². The smallest absolute Gasteiger partial charge is 0.215 e. The first kappa shape index (κ1) is 13.6. The Hall–Kier alpha value is -0.440. The van der Waals surface area contributed by atoms with Crippen LogP contribution >= 0.6 is 0 Å². The topological polar surface area (TPSA) is 106 Å². The van der Waals surface area contributed by atoms with Gasteiger partial charge in [-0.1, -0.05) is 12.2 Å². The average Bonchev–Trinajstić information content (AvgIpc) is 1.98. The second kappa shape index (κ2) is 5.44. The summed E-state index contributed by atoms with van der Waals surface area (Å²) in [6.07, 6.45) is 3.05. The highest BCUT2D eigenvalue weighted by Crippen LogP contribution is 1.86. The molecule has 6 nitrogen and oxygen atoms in total. The second-order valence-electron chi connectivity index (χ2n) is 2.61. The van der Waals surface area contributed by atoms with Crippen LogP contribution < -0.4 is 9.86 Å². The fourth-order valence-corrected chi connectivity index (χ4v) is 2.11. The minimum atomic E-state index is -3.61. The highest BCUT2D eigenvalue weighted by molar-refractivity contribution is 7.90. The van der Waals surface area contributed by atoms with Gasteiger partial charge in [0.2, 0.25) is 20.0 Å². The largest absolute Gasteiger partial charge is 0.229 e. The van der Waals surface area contributed by atoms with E-state index in [0.29, 0.717) is 0 Å². The number of rotatable bonds is 6. The summed E-state index contributed by atoms with van der Waals surface area (Å²) in [5.41, 5.74) is 0. The van der Waals surface area contributed by atoms with E-state index < -0.39 is 25.8 Å². The van der Waals surface area contributed by atoms with Crippen LogP contribution in [0.15, 0.2) is 12.2 Å². The number of nitrogens with one attached hydrogen (secondary N) is 1. The molecule has 0 saturated carbocycles. The highest BCUT2D eigenvalue weighted by atomic mass is 32.2. The first-order valence-electron chi connectivity index (χ1n) is 3.86. The molecule has 0 bridgehead atoms. The van der Waals surface area contributed by atoms with Gasteiger partial charge in [-0.2, -0.15) is 0 Å².